The van der Waals surface area contributed by atoms with Crippen LogP contribution in [0, 0.1) is 0 Å². The summed E-state index contributed by atoms with van der Waals surface area (Å²) in [5.41, 5.74) is 0.941. The largest absolute Gasteiger partial charge is 0.459 e. The Hall–Kier alpha value is -1.37. The summed E-state index contributed by atoms with van der Waals surface area (Å²) in [6.45, 7) is 3.14. The summed E-state index contributed by atoms with van der Waals surface area (Å²) in [6.07, 6.45) is 2.70. The zero-order valence-corrected chi connectivity index (χ0v) is 13.4. The monoisotopic (exact) mass is 319 g/mol. The molecule has 1 unspecified atom stereocenters. The van der Waals surface area contributed by atoms with Crippen molar-refractivity contribution >= 4 is 34.3 Å². The molecule has 2 heterocycles. The molecule has 0 aliphatic carbocycles. The molecule has 0 saturated heterocycles. The fourth-order valence-corrected chi connectivity index (χ4v) is 3.65. The van der Waals surface area contributed by atoms with E-state index in [9.17, 15) is 0 Å². The third-order valence-electron chi connectivity index (χ3n) is 3.14. The van der Waals surface area contributed by atoms with Crippen LogP contribution < -0.4 is 5.32 Å². The minimum Gasteiger partial charge on any atom is -0.459 e. The zero-order chi connectivity index (χ0) is 14.5. The molecule has 6 heteroatoms. The minimum atomic E-state index is 0.186. The highest BCUT2D eigenvalue weighted by molar-refractivity contribution is 8.00. The number of furan rings is 1. The van der Waals surface area contributed by atoms with Crippen LogP contribution in [-0.2, 0) is 0 Å². The van der Waals surface area contributed by atoms with Crippen LogP contribution in [0.25, 0.3) is 11.0 Å². The highest BCUT2D eigenvalue weighted by Gasteiger charge is 2.16. The third-order valence-corrected chi connectivity index (χ3v) is 5.03. The molecule has 0 fully saturated rings. The molecule has 3 aromatic rings. The molecule has 110 valence electrons. The fourth-order valence-electron chi connectivity index (χ4n) is 2.12. The van der Waals surface area contributed by atoms with Gasteiger partial charge in [0.2, 0.25) is 0 Å². The van der Waals surface area contributed by atoms with Gasteiger partial charge in [0.25, 0.3) is 0 Å². The third kappa shape index (κ3) is 3.64. The Bertz CT molecular complexity index is 648. The summed E-state index contributed by atoms with van der Waals surface area (Å²) in [5.74, 6) is 1.87. The predicted octanol–water partition coefficient (Wildman–Crippen LogP) is 4.12. The van der Waals surface area contributed by atoms with Crippen LogP contribution in [-0.4, -0.2) is 21.7 Å². The molecule has 4 nitrogen and oxygen atoms in total. The van der Waals surface area contributed by atoms with E-state index in [4.69, 9.17) is 4.42 Å². The van der Waals surface area contributed by atoms with E-state index in [0.29, 0.717) is 0 Å². The molecule has 0 aliphatic rings. The van der Waals surface area contributed by atoms with E-state index in [1.807, 2.05) is 18.2 Å². The van der Waals surface area contributed by atoms with Crippen LogP contribution >= 0.6 is 23.3 Å². The smallest absolute Gasteiger partial charge is 0.169 e. The van der Waals surface area contributed by atoms with E-state index >= 15 is 0 Å². The Morgan fingerprint density at radius 2 is 2.29 bits per heavy atom. The van der Waals surface area contributed by atoms with E-state index in [-0.39, 0.29) is 6.04 Å². The number of aromatic nitrogens is 2. The molecule has 1 N–H and O–H groups in total. The number of rotatable bonds is 7. The summed E-state index contributed by atoms with van der Waals surface area (Å²) in [6, 6.07) is 10.4. The molecule has 0 radical (unpaired) electrons. The number of thioether (sulfide) groups is 1. The summed E-state index contributed by atoms with van der Waals surface area (Å²) in [5, 5.41) is 4.70. The number of fused-ring (bicyclic) bond motifs is 1. The van der Waals surface area contributed by atoms with Crippen molar-refractivity contribution in [3.8, 4) is 0 Å². The van der Waals surface area contributed by atoms with Crippen LogP contribution in [0.5, 0.6) is 0 Å². The standard InChI is InChI=1S/C15H17N3OS2/c1-2-7-16-12(9-20-15-17-10-18-21-15)14-8-11-5-3-4-6-13(11)19-14/h3-6,8,10,12,16H,2,7,9H2,1H3. The Morgan fingerprint density at radius 3 is 3.05 bits per heavy atom. The van der Waals surface area contributed by atoms with Gasteiger partial charge < -0.3 is 9.73 Å². The minimum absolute atomic E-state index is 0.186. The van der Waals surface area contributed by atoms with Gasteiger partial charge in [0.05, 0.1) is 6.04 Å². The van der Waals surface area contributed by atoms with Crippen LogP contribution in [0.15, 0.2) is 45.4 Å². The number of benzene rings is 1. The first-order valence-electron chi connectivity index (χ1n) is 6.98. The number of hydrogen-bond donors (Lipinski definition) is 1. The summed E-state index contributed by atoms with van der Waals surface area (Å²) in [7, 11) is 0. The first-order chi connectivity index (χ1) is 10.4. The van der Waals surface area contributed by atoms with Gasteiger partial charge in [-0.15, -0.1) is 0 Å². The molecule has 0 amide bonds. The highest BCUT2D eigenvalue weighted by Crippen LogP contribution is 2.29. The summed E-state index contributed by atoms with van der Waals surface area (Å²) >= 11 is 3.15. The summed E-state index contributed by atoms with van der Waals surface area (Å²) < 4.78 is 11.0. The lowest BCUT2D eigenvalue weighted by molar-refractivity contribution is 0.456. The van der Waals surface area contributed by atoms with Gasteiger partial charge in [0.15, 0.2) is 4.34 Å². The van der Waals surface area contributed by atoms with E-state index in [1.165, 1.54) is 11.5 Å². The second-order valence-corrected chi connectivity index (χ2v) is 6.76. The average Bonchev–Trinajstić information content (AvgIpc) is 3.16. The Kier molecular flexibility index (Phi) is 4.90. The molecule has 1 aromatic carbocycles. The Labute approximate surface area is 132 Å². The van der Waals surface area contributed by atoms with Crippen LogP contribution in [0.4, 0.5) is 0 Å². The molecule has 0 aliphatic heterocycles. The molecule has 2 aromatic heterocycles. The highest BCUT2D eigenvalue weighted by atomic mass is 32.2. The lowest BCUT2D eigenvalue weighted by atomic mass is 10.2. The van der Waals surface area contributed by atoms with Crippen LogP contribution in [0.3, 0.4) is 0 Å². The molecule has 3 rings (SSSR count). The van der Waals surface area contributed by atoms with E-state index in [0.717, 1.165) is 39.8 Å². The normalized spacial score (nSPS) is 12.8. The molecule has 0 saturated carbocycles. The SMILES string of the molecule is CCCNC(CSc1ncns1)c1cc2ccccc2o1. The van der Waals surface area contributed by atoms with E-state index in [1.54, 1.807) is 18.1 Å². The van der Waals surface area contributed by atoms with Gasteiger partial charge in [-0.1, -0.05) is 36.9 Å². The number of para-hydroxylation sites is 1. The Balaban J connectivity index is 1.76. The van der Waals surface area contributed by atoms with Crippen molar-refractivity contribution in [1.82, 2.24) is 14.7 Å². The first kappa shape index (κ1) is 14.6. The molecule has 21 heavy (non-hydrogen) atoms. The first-order valence-corrected chi connectivity index (χ1v) is 8.74. The van der Waals surface area contributed by atoms with Crippen molar-refractivity contribution in [3.05, 3.63) is 42.4 Å². The van der Waals surface area contributed by atoms with Gasteiger partial charge in [-0.2, -0.15) is 4.37 Å². The zero-order valence-electron chi connectivity index (χ0n) is 11.8. The topological polar surface area (TPSA) is 51.0 Å². The van der Waals surface area contributed by atoms with Crippen molar-refractivity contribution < 1.29 is 4.42 Å². The van der Waals surface area contributed by atoms with Gasteiger partial charge >= 0.3 is 0 Å². The quantitative estimate of drug-likeness (QED) is 0.664. The number of nitrogens with zero attached hydrogens (tertiary/aromatic N) is 2. The van der Waals surface area contributed by atoms with E-state index in [2.05, 4.69) is 33.7 Å². The van der Waals surface area contributed by atoms with Crippen molar-refractivity contribution in [3.63, 3.8) is 0 Å². The van der Waals surface area contributed by atoms with Crippen molar-refractivity contribution in [2.24, 2.45) is 0 Å². The Morgan fingerprint density at radius 1 is 1.38 bits per heavy atom. The number of hydrogen-bond acceptors (Lipinski definition) is 6. The van der Waals surface area contributed by atoms with Crippen molar-refractivity contribution in [2.45, 2.75) is 23.7 Å². The maximum absolute atomic E-state index is 5.99. The van der Waals surface area contributed by atoms with Gasteiger partial charge in [0.1, 0.15) is 17.7 Å². The lowest BCUT2D eigenvalue weighted by Gasteiger charge is -2.14. The lowest BCUT2D eigenvalue weighted by Crippen LogP contribution is -2.23. The van der Waals surface area contributed by atoms with Gasteiger partial charge in [0, 0.05) is 11.1 Å². The average molecular weight is 319 g/mol. The van der Waals surface area contributed by atoms with Crippen LogP contribution in [0.1, 0.15) is 25.1 Å². The predicted molar refractivity (Wildman–Crippen MR) is 87.9 cm³/mol. The van der Waals surface area contributed by atoms with Crippen molar-refractivity contribution in [1.29, 1.82) is 0 Å². The van der Waals surface area contributed by atoms with Gasteiger partial charge in [-0.25, -0.2) is 4.98 Å². The molecular weight excluding hydrogens is 302 g/mol. The molecular formula is C15H17N3OS2. The van der Waals surface area contributed by atoms with Gasteiger partial charge in [-0.05, 0) is 36.6 Å². The maximum atomic E-state index is 5.99. The van der Waals surface area contributed by atoms with Crippen LogP contribution in [0.2, 0.25) is 0 Å². The second-order valence-electron chi connectivity index (χ2n) is 4.71. The molecule has 0 spiro atoms. The second kappa shape index (κ2) is 7.06. The van der Waals surface area contributed by atoms with Crippen molar-refractivity contribution in [2.75, 3.05) is 12.3 Å². The molecule has 0 bridgehead atoms. The molecule has 1 atom stereocenters. The maximum Gasteiger partial charge on any atom is 0.169 e. The van der Waals surface area contributed by atoms with Gasteiger partial charge in [-0.3, -0.25) is 0 Å². The number of nitrogens with one attached hydrogen (secondary N) is 1. The fraction of sp³-hybridized carbons (Fsp3) is 0.333. The van der Waals surface area contributed by atoms with E-state index < -0.39 is 0 Å². The summed E-state index contributed by atoms with van der Waals surface area (Å²) in [4.78, 5) is 4.22.